The fourth-order valence-electron chi connectivity index (χ4n) is 0.399. The van der Waals surface area contributed by atoms with E-state index in [1.54, 1.807) is 11.8 Å². The summed E-state index contributed by atoms with van der Waals surface area (Å²) in [5.41, 5.74) is 0. The molecule has 0 aromatic carbocycles. The molecule has 54 valence electrons. The normalized spacial score (nSPS) is 11.4. The van der Waals surface area contributed by atoms with Gasteiger partial charge in [0.05, 0.1) is 4.75 Å². The second-order valence-corrected chi connectivity index (χ2v) is 4.32. The van der Waals surface area contributed by atoms with Crippen molar-refractivity contribution in [3.8, 4) is 0 Å². The molecule has 0 N–H and O–H groups in total. The predicted molar refractivity (Wildman–Crippen MR) is 42.9 cm³/mol. The van der Waals surface area contributed by atoms with Crippen LogP contribution in [0.2, 0.25) is 0 Å². The molecule has 0 radical (unpaired) electrons. The maximum atomic E-state index is 10.3. The summed E-state index contributed by atoms with van der Waals surface area (Å²) < 4.78 is -0.171. The average molecular weight is 146 g/mol. The summed E-state index contributed by atoms with van der Waals surface area (Å²) in [7, 11) is 0. The third kappa shape index (κ3) is 4.52. The van der Waals surface area contributed by atoms with Gasteiger partial charge in [0.2, 0.25) is 0 Å². The van der Waals surface area contributed by atoms with Crippen LogP contribution in [0.15, 0.2) is 0 Å². The van der Waals surface area contributed by atoms with Crippen molar-refractivity contribution in [2.45, 2.75) is 31.9 Å². The molecule has 0 fully saturated rings. The fourth-order valence-corrected chi connectivity index (χ4v) is 1.20. The summed E-state index contributed by atoms with van der Waals surface area (Å²) in [5, 5.41) is 0. The van der Waals surface area contributed by atoms with Crippen LogP contribution in [0.5, 0.6) is 0 Å². The SMILES string of the molecule is CCCSC(C)(C)C=O. The van der Waals surface area contributed by atoms with Crippen molar-refractivity contribution in [3.05, 3.63) is 0 Å². The quantitative estimate of drug-likeness (QED) is 0.565. The molecule has 0 aromatic heterocycles. The predicted octanol–water partition coefficient (Wildman–Crippen LogP) is 2.11. The van der Waals surface area contributed by atoms with Crippen molar-refractivity contribution >= 4 is 18.0 Å². The van der Waals surface area contributed by atoms with Crippen LogP contribution in [0.3, 0.4) is 0 Å². The first-order valence-corrected chi connectivity index (χ1v) is 4.21. The molecule has 0 bridgehead atoms. The molecule has 0 spiro atoms. The minimum absolute atomic E-state index is 0.171. The molecule has 2 heteroatoms. The van der Waals surface area contributed by atoms with Crippen molar-refractivity contribution < 1.29 is 4.79 Å². The molecule has 0 aromatic rings. The minimum atomic E-state index is -0.171. The first kappa shape index (κ1) is 9.02. The molecular weight excluding hydrogens is 132 g/mol. The summed E-state index contributed by atoms with van der Waals surface area (Å²) in [6.45, 7) is 6.01. The van der Waals surface area contributed by atoms with Gasteiger partial charge in [0.15, 0.2) is 0 Å². The molecule has 0 amide bonds. The molecule has 9 heavy (non-hydrogen) atoms. The van der Waals surface area contributed by atoms with Gasteiger partial charge in [-0.3, -0.25) is 0 Å². The Balaban J connectivity index is 3.45. The van der Waals surface area contributed by atoms with Crippen LogP contribution >= 0.6 is 11.8 Å². The third-order valence-electron chi connectivity index (χ3n) is 0.962. The van der Waals surface area contributed by atoms with Gasteiger partial charge in [-0.2, -0.15) is 0 Å². The summed E-state index contributed by atoms with van der Waals surface area (Å²) in [5.74, 6) is 1.08. The van der Waals surface area contributed by atoms with Crippen LogP contribution in [-0.2, 0) is 4.79 Å². The molecule has 0 aliphatic rings. The van der Waals surface area contributed by atoms with E-state index in [4.69, 9.17) is 0 Å². The van der Waals surface area contributed by atoms with Crippen molar-refractivity contribution in [2.75, 3.05) is 5.75 Å². The van der Waals surface area contributed by atoms with E-state index in [0.717, 1.165) is 18.5 Å². The molecule has 0 saturated carbocycles. The van der Waals surface area contributed by atoms with Gasteiger partial charge in [-0.15, -0.1) is 11.8 Å². The molecule has 0 rings (SSSR count). The summed E-state index contributed by atoms with van der Waals surface area (Å²) in [4.78, 5) is 10.3. The van der Waals surface area contributed by atoms with E-state index in [9.17, 15) is 4.79 Å². The topological polar surface area (TPSA) is 17.1 Å². The van der Waals surface area contributed by atoms with Crippen LogP contribution < -0.4 is 0 Å². The number of hydrogen-bond donors (Lipinski definition) is 0. The third-order valence-corrected chi connectivity index (χ3v) is 2.41. The summed E-state index contributed by atoms with van der Waals surface area (Å²) in [6.07, 6.45) is 2.15. The Hall–Kier alpha value is 0.0200. The number of hydrogen-bond acceptors (Lipinski definition) is 2. The van der Waals surface area contributed by atoms with E-state index in [2.05, 4.69) is 6.92 Å². The van der Waals surface area contributed by atoms with Gasteiger partial charge in [0.1, 0.15) is 6.29 Å². The Morgan fingerprint density at radius 1 is 1.56 bits per heavy atom. The molecule has 0 atom stereocenters. The monoisotopic (exact) mass is 146 g/mol. The van der Waals surface area contributed by atoms with E-state index in [0.29, 0.717) is 0 Å². The minimum Gasteiger partial charge on any atom is -0.302 e. The highest BCUT2D eigenvalue weighted by Crippen LogP contribution is 2.21. The first-order valence-electron chi connectivity index (χ1n) is 3.22. The van der Waals surface area contributed by atoms with E-state index in [-0.39, 0.29) is 4.75 Å². The Morgan fingerprint density at radius 3 is 2.44 bits per heavy atom. The highest BCUT2D eigenvalue weighted by atomic mass is 32.2. The second kappa shape index (κ2) is 3.94. The van der Waals surface area contributed by atoms with Gasteiger partial charge >= 0.3 is 0 Å². The Morgan fingerprint density at radius 2 is 2.11 bits per heavy atom. The Labute approximate surface area is 61.2 Å². The lowest BCUT2D eigenvalue weighted by atomic mass is 10.2. The van der Waals surface area contributed by atoms with Gasteiger partial charge < -0.3 is 4.79 Å². The molecular formula is C7H14OS. The lowest BCUT2D eigenvalue weighted by molar-refractivity contribution is -0.109. The van der Waals surface area contributed by atoms with Crippen LogP contribution in [0.1, 0.15) is 27.2 Å². The van der Waals surface area contributed by atoms with Gasteiger partial charge in [0.25, 0.3) is 0 Å². The number of rotatable bonds is 4. The molecule has 0 aliphatic heterocycles. The van der Waals surface area contributed by atoms with Crippen molar-refractivity contribution in [3.63, 3.8) is 0 Å². The second-order valence-electron chi connectivity index (χ2n) is 2.57. The van der Waals surface area contributed by atoms with Crippen LogP contribution in [0.25, 0.3) is 0 Å². The summed E-state index contributed by atoms with van der Waals surface area (Å²) >= 11 is 1.71. The van der Waals surface area contributed by atoms with Gasteiger partial charge in [-0.05, 0) is 26.0 Å². The smallest absolute Gasteiger partial charge is 0.135 e. The zero-order valence-corrected chi connectivity index (χ0v) is 7.12. The lowest BCUT2D eigenvalue weighted by Crippen LogP contribution is -2.16. The number of carbonyl (C=O) groups excluding carboxylic acids is 1. The van der Waals surface area contributed by atoms with Gasteiger partial charge in [-0.1, -0.05) is 6.92 Å². The van der Waals surface area contributed by atoms with E-state index >= 15 is 0 Å². The van der Waals surface area contributed by atoms with Crippen LogP contribution in [-0.4, -0.2) is 16.8 Å². The highest BCUT2D eigenvalue weighted by molar-refractivity contribution is 8.01. The fraction of sp³-hybridized carbons (Fsp3) is 0.857. The Kier molecular flexibility index (Phi) is 3.95. The number of thioether (sulfide) groups is 1. The molecule has 0 unspecified atom stereocenters. The van der Waals surface area contributed by atoms with Gasteiger partial charge in [0, 0.05) is 0 Å². The molecule has 0 aliphatic carbocycles. The van der Waals surface area contributed by atoms with Crippen LogP contribution in [0, 0.1) is 0 Å². The highest BCUT2D eigenvalue weighted by Gasteiger charge is 2.14. The average Bonchev–Trinajstić information content (AvgIpc) is 1.84. The maximum Gasteiger partial charge on any atom is 0.135 e. The molecule has 1 nitrogen and oxygen atoms in total. The van der Waals surface area contributed by atoms with Crippen molar-refractivity contribution in [1.82, 2.24) is 0 Å². The van der Waals surface area contributed by atoms with Gasteiger partial charge in [-0.25, -0.2) is 0 Å². The Bertz CT molecular complexity index is 88.9. The van der Waals surface area contributed by atoms with Crippen molar-refractivity contribution in [1.29, 1.82) is 0 Å². The van der Waals surface area contributed by atoms with E-state index in [1.807, 2.05) is 13.8 Å². The number of carbonyl (C=O) groups is 1. The molecule has 0 saturated heterocycles. The summed E-state index contributed by atoms with van der Waals surface area (Å²) in [6, 6.07) is 0. The van der Waals surface area contributed by atoms with Crippen LogP contribution in [0.4, 0.5) is 0 Å². The zero-order chi connectivity index (χ0) is 7.33. The van der Waals surface area contributed by atoms with Crippen molar-refractivity contribution in [2.24, 2.45) is 0 Å². The zero-order valence-electron chi connectivity index (χ0n) is 6.31. The maximum absolute atomic E-state index is 10.3. The molecule has 0 heterocycles. The van der Waals surface area contributed by atoms with E-state index in [1.165, 1.54) is 0 Å². The lowest BCUT2D eigenvalue weighted by Gasteiger charge is -2.14. The first-order chi connectivity index (χ1) is 4.12. The van der Waals surface area contributed by atoms with E-state index < -0.39 is 0 Å². The largest absolute Gasteiger partial charge is 0.302 e. The number of aldehydes is 1. The standard InChI is InChI=1S/C7H14OS/c1-4-5-9-7(2,3)6-8/h6H,4-5H2,1-3H3.